The van der Waals surface area contributed by atoms with Crippen molar-refractivity contribution in [1.82, 2.24) is 4.31 Å². The molecule has 1 aromatic rings. The van der Waals surface area contributed by atoms with Crippen LogP contribution in [0.3, 0.4) is 0 Å². The molecule has 0 aromatic carbocycles. The van der Waals surface area contributed by atoms with E-state index in [9.17, 15) is 8.42 Å². The molecule has 0 aliphatic rings. The van der Waals surface area contributed by atoms with Gasteiger partial charge in [0.2, 0.25) is 10.0 Å². The molecule has 0 aliphatic carbocycles. The Labute approximate surface area is 122 Å². The molecule has 1 heterocycles. The second kappa shape index (κ2) is 5.64. The smallest absolute Gasteiger partial charge is 0.245 e. The van der Waals surface area contributed by atoms with Crippen LogP contribution in [0.15, 0.2) is 11.0 Å². The van der Waals surface area contributed by atoms with Gasteiger partial charge in [-0.2, -0.15) is 0 Å². The highest BCUT2D eigenvalue weighted by Crippen LogP contribution is 2.36. The molecule has 104 valence electrons. The summed E-state index contributed by atoms with van der Waals surface area (Å²) in [4.78, 5) is 0.0505. The molecule has 0 saturated carbocycles. The van der Waals surface area contributed by atoms with Gasteiger partial charge in [0.05, 0.1) is 4.34 Å². The number of thiophene rings is 1. The van der Waals surface area contributed by atoms with Crippen molar-refractivity contribution in [2.75, 3.05) is 20.1 Å². The van der Waals surface area contributed by atoms with Crippen LogP contribution in [-0.2, 0) is 10.0 Å². The van der Waals surface area contributed by atoms with Crippen LogP contribution >= 0.6 is 34.5 Å². The maximum atomic E-state index is 12.3. The fourth-order valence-corrected chi connectivity index (χ4v) is 4.89. The average Bonchev–Trinajstić information content (AvgIpc) is 2.57. The molecule has 0 radical (unpaired) electrons. The molecule has 0 bridgehead atoms. The molecule has 2 N–H and O–H groups in total. The number of sulfonamides is 1. The van der Waals surface area contributed by atoms with E-state index in [2.05, 4.69) is 0 Å². The lowest BCUT2D eigenvalue weighted by molar-refractivity contribution is 0.292. The first kappa shape index (κ1) is 16.2. The minimum absolute atomic E-state index is 0.0505. The minimum Gasteiger partial charge on any atom is -0.330 e. The Morgan fingerprint density at radius 1 is 1.44 bits per heavy atom. The minimum atomic E-state index is -3.62. The molecule has 8 heteroatoms. The van der Waals surface area contributed by atoms with Crippen LogP contribution in [0.4, 0.5) is 0 Å². The molecule has 1 rings (SSSR count). The van der Waals surface area contributed by atoms with Gasteiger partial charge in [-0.3, -0.25) is 0 Å². The number of rotatable bonds is 5. The maximum absolute atomic E-state index is 12.3. The number of nitrogens with two attached hydrogens (primary N) is 1. The van der Waals surface area contributed by atoms with Gasteiger partial charge in [-0.15, -0.1) is 11.3 Å². The third-order valence-corrected chi connectivity index (χ3v) is 6.07. The fraction of sp³-hybridized carbons (Fsp3) is 0.600. The van der Waals surface area contributed by atoms with Crippen LogP contribution < -0.4 is 5.73 Å². The summed E-state index contributed by atoms with van der Waals surface area (Å²) in [6.07, 6.45) is 0. The third kappa shape index (κ3) is 3.59. The molecular weight excluding hydrogens is 315 g/mol. The number of nitrogens with zero attached hydrogens (tertiary/aromatic N) is 1. The van der Waals surface area contributed by atoms with Crippen molar-refractivity contribution < 1.29 is 8.42 Å². The topological polar surface area (TPSA) is 63.4 Å². The van der Waals surface area contributed by atoms with E-state index in [1.54, 1.807) is 0 Å². The van der Waals surface area contributed by atoms with Crippen molar-refractivity contribution in [2.24, 2.45) is 11.1 Å². The van der Waals surface area contributed by atoms with Gasteiger partial charge in [0.15, 0.2) is 0 Å². The highest BCUT2D eigenvalue weighted by Gasteiger charge is 2.29. The van der Waals surface area contributed by atoms with E-state index in [4.69, 9.17) is 28.9 Å². The van der Waals surface area contributed by atoms with Crippen LogP contribution in [0.2, 0.25) is 8.67 Å². The summed E-state index contributed by atoms with van der Waals surface area (Å²) in [5.41, 5.74) is 5.31. The van der Waals surface area contributed by atoms with Crippen molar-refractivity contribution in [2.45, 2.75) is 18.7 Å². The summed E-state index contributed by atoms with van der Waals surface area (Å²) in [6, 6.07) is 1.37. The lowest BCUT2D eigenvalue weighted by atomic mass is 9.94. The molecule has 0 atom stereocenters. The van der Waals surface area contributed by atoms with E-state index in [1.165, 1.54) is 17.4 Å². The van der Waals surface area contributed by atoms with Gasteiger partial charge >= 0.3 is 0 Å². The van der Waals surface area contributed by atoms with E-state index < -0.39 is 10.0 Å². The molecule has 0 amide bonds. The first-order valence-corrected chi connectivity index (χ1v) is 8.22. The quantitative estimate of drug-likeness (QED) is 0.902. The summed E-state index contributed by atoms with van der Waals surface area (Å²) in [6.45, 7) is 4.52. The highest BCUT2D eigenvalue weighted by atomic mass is 35.5. The van der Waals surface area contributed by atoms with Crippen molar-refractivity contribution in [3.05, 3.63) is 14.7 Å². The van der Waals surface area contributed by atoms with Crippen molar-refractivity contribution in [3.63, 3.8) is 0 Å². The number of hydrogen-bond acceptors (Lipinski definition) is 4. The third-order valence-electron chi connectivity index (χ3n) is 2.52. The zero-order valence-corrected chi connectivity index (χ0v) is 13.5. The summed E-state index contributed by atoms with van der Waals surface area (Å²) >= 11 is 12.7. The summed E-state index contributed by atoms with van der Waals surface area (Å²) < 4.78 is 26.4. The van der Waals surface area contributed by atoms with Gasteiger partial charge < -0.3 is 5.73 Å². The Morgan fingerprint density at radius 3 is 2.39 bits per heavy atom. The highest BCUT2D eigenvalue weighted by molar-refractivity contribution is 7.89. The van der Waals surface area contributed by atoms with E-state index in [-0.39, 0.29) is 14.6 Å². The Kier molecular flexibility index (Phi) is 5.08. The van der Waals surface area contributed by atoms with E-state index in [0.717, 1.165) is 11.3 Å². The first-order valence-electron chi connectivity index (χ1n) is 5.21. The Balaban J connectivity index is 3.04. The normalized spacial score (nSPS) is 13.3. The SMILES string of the molecule is CN(CC(C)(C)CN)S(=O)(=O)c1cc(Cl)sc1Cl. The lowest BCUT2D eigenvalue weighted by Crippen LogP contribution is -2.39. The van der Waals surface area contributed by atoms with E-state index in [0.29, 0.717) is 17.4 Å². The molecule has 4 nitrogen and oxygen atoms in total. The van der Waals surface area contributed by atoms with Crippen LogP contribution in [-0.4, -0.2) is 32.9 Å². The standard InChI is InChI=1S/C10H16Cl2N2O2S2/c1-10(2,5-13)6-14(3)18(15,16)7-4-8(11)17-9(7)12/h4H,5-6,13H2,1-3H3. The lowest BCUT2D eigenvalue weighted by Gasteiger charge is -2.28. The predicted molar refractivity (Wildman–Crippen MR) is 77.0 cm³/mol. The monoisotopic (exact) mass is 330 g/mol. The second-order valence-corrected chi connectivity index (χ2v) is 9.12. The predicted octanol–water partition coefficient (Wildman–Crippen LogP) is 2.66. The molecule has 0 fully saturated rings. The van der Waals surface area contributed by atoms with Crippen molar-refractivity contribution in [1.29, 1.82) is 0 Å². The molecule has 1 aromatic heterocycles. The molecule has 0 saturated heterocycles. The van der Waals surface area contributed by atoms with Gasteiger partial charge in [-0.05, 0) is 18.0 Å². The van der Waals surface area contributed by atoms with E-state index >= 15 is 0 Å². The Morgan fingerprint density at radius 2 is 2.00 bits per heavy atom. The molecule has 18 heavy (non-hydrogen) atoms. The van der Waals surface area contributed by atoms with Gasteiger partial charge in [0.1, 0.15) is 9.23 Å². The Hall–Kier alpha value is 0.150. The Bertz CT molecular complexity index is 526. The summed E-state index contributed by atoms with van der Waals surface area (Å²) in [5, 5.41) is 0. The van der Waals surface area contributed by atoms with Crippen molar-refractivity contribution in [3.8, 4) is 0 Å². The van der Waals surface area contributed by atoms with Crippen LogP contribution in [0.1, 0.15) is 13.8 Å². The molecular formula is C10H16Cl2N2O2S2. The maximum Gasteiger partial charge on any atom is 0.245 e. The molecule has 0 spiro atoms. The van der Waals surface area contributed by atoms with Crippen molar-refractivity contribution >= 4 is 44.6 Å². The zero-order chi connectivity index (χ0) is 14.1. The fourth-order valence-electron chi connectivity index (χ4n) is 1.42. The van der Waals surface area contributed by atoms with Gasteiger partial charge in [-0.1, -0.05) is 37.0 Å². The van der Waals surface area contributed by atoms with Gasteiger partial charge in [0.25, 0.3) is 0 Å². The number of halogens is 2. The summed E-state index contributed by atoms with van der Waals surface area (Å²) in [7, 11) is -2.11. The van der Waals surface area contributed by atoms with Crippen LogP contribution in [0.5, 0.6) is 0 Å². The van der Waals surface area contributed by atoms with E-state index in [1.807, 2.05) is 13.8 Å². The number of hydrogen-bond donors (Lipinski definition) is 1. The molecule has 0 aliphatic heterocycles. The van der Waals surface area contributed by atoms with Gasteiger partial charge in [-0.25, -0.2) is 12.7 Å². The average molecular weight is 331 g/mol. The second-order valence-electron chi connectivity index (χ2n) is 4.82. The zero-order valence-electron chi connectivity index (χ0n) is 10.4. The van der Waals surface area contributed by atoms with Crippen LogP contribution in [0.25, 0.3) is 0 Å². The van der Waals surface area contributed by atoms with Gasteiger partial charge in [0, 0.05) is 13.6 Å². The largest absolute Gasteiger partial charge is 0.330 e. The first-order chi connectivity index (χ1) is 8.10. The van der Waals surface area contributed by atoms with Crippen LogP contribution in [0, 0.1) is 5.41 Å². The molecule has 0 unspecified atom stereocenters. The summed E-state index contributed by atoms with van der Waals surface area (Å²) in [5.74, 6) is 0.